The lowest BCUT2D eigenvalue weighted by Gasteiger charge is -2.05. The molecule has 6 heteroatoms. The van der Waals surface area contributed by atoms with Crippen molar-refractivity contribution >= 4 is 33.0 Å². The van der Waals surface area contributed by atoms with Crippen LogP contribution in [-0.2, 0) is 6.54 Å². The van der Waals surface area contributed by atoms with Gasteiger partial charge in [-0.2, -0.15) is 5.26 Å². The van der Waals surface area contributed by atoms with Gasteiger partial charge in [-0.1, -0.05) is 28.1 Å². The van der Waals surface area contributed by atoms with Crippen LogP contribution in [0.15, 0.2) is 52.8 Å². The maximum atomic E-state index is 9.52. The van der Waals surface area contributed by atoms with Crippen molar-refractivity contribution in [3.63, 3.8) is 0 Å². The van der Waals surface area contributed by atoms with Crippen LogP contribution >= 0.6 is 15.9 Å². The second kappa shape index (κ2) is 6.02. The molecule has 1 aromatic heterocycles. The molecule has 3 aromatic rings. The van der Waals surface area contributed by atoms with Crippen molar-refractivity contribution in [2.45, 2.75) is 6.54 Å². The molecule has 4 rings (SSSR count). The Bertz CT molecular complexity index is 1000. The molecule has 0 amide bonds. The molecule has 0 saturated heterocycles. The van der Waals surface area contributed by atoms with Crippen LogP contribution in [0.4, 0.5) is 0 Å². The minimum atomic E-state index is 0.223. The smallest absolute Gasteiger partial charge is 0.231 e. The van der Waals surface area contributed by atoms with Gasteiger partial charge in [-0.15, -0.1) is 0 Å². The summed E-state index contributed by atoms with van der Waals surface area (Å²) in [6.07, 6.45) is 3.60. The van der Waals surface area contributed by atoms with Gasteiger partial charge in [-0.05, 0) is 35.9 Å². The van der Waals surface area contributed by atoms with E-state index in [9.17, 15) is 5.26 Å². The molecule has 5 nitrogen and oxygen atoms in total. The number of ether oxygens (including phenoxy) is 2. The number of rotatable bonds is 3. The van der Waals surface area contributed by atoms with Gasteiger partial charge in [0.15, 0.2) is 11.5 Å². The molecule has 0 bridgehead atoms. The van der Waals surface area contributed by atoms with Gasteiger partial charge < -0.3 is 14.0 Å². The van der Waals surface area contributed by atoms with E-state index >= 15 is 0 Å². The summed E-state index contributed by atoms with van der Waals surface area (Å²) in [4.78, 5) is 4.36. The molecule has 0 aliphatic carbocycles. The van der Waals surface area contributed by atoms with Crippen molar-refractivity contribution in [1.29, 1.82) is 5.26 Å². The molecule has 2 aromatic carbocycles. The lowest BCUT2D eigenvalue weighted by atomic mass is 10.1. The second-order valence-corrected chi connectivity index (χ2v) is 6.22. The highest BCUT2D eigenvalue weighted by Crippen LogP contribution is 2.37. The van der Waals surface area contributed by atoms with E-state index in [-0.39, 0.29) is 6.79 Å². The van der Waals surface area contributed by atoms with Crippen molar-refractivity contribution in [1.82, 2.24) is 9.55 Å². The third kappa shape index (κ3) is 2.63. The number of hydrogen-bond acceptors (Lipinski definition) is 4. The number of hydrogen-bond donors (Lipinski definition) is 0. The molecular weight excluding hydrogens is 370 g/mol. The van der Waals surface area contributed by atoms with Crippen molar-refractivity contribution < 1.29 is 9.47 Å². The SMILES string of the molecule is N#C/C(=C\c1cc2c(cc1Br)OCO2)Cn1cnc2ccccc21. The first-order valence-electron chi connectivity index (χ1n) is 7.34. The molecule has 0 saturated carbocycles. The monoisotopic (exact) mass is 381 g/mol. The summed E-state index contributed by atoms with van der Waals surface area (Å²) in [5, 5.41) is 9.52. The summed E-state index contributed by atoms with van der Waals surface area (Å²) in [6, 6.07) is 13.9. The average Bonchev–Trinajstić information content (AvgIpc) is 3.21. The van der Waals surface area contributed by atoms with Gasteiger partial charge in [-0.3, -0.25) is 0 Å². The zero-order chi connectivity index (χ0) is 16.5. The molecule has 0 fully saturated rings. The molecule has 0 unspecified atom stereocenters. The minimum absolute atomic E-state index is 0.223. The fraction of sp³-hybridized carbons (Fsp3) is 0.111. The molecule has 2 heterocycles. The summed E-state index contributed by atoms with van der Waals surface area (Å²) in [5.74, 6) is 1.40. The number of fused-ring (bicyclic) bond motifs is 2. The van der Waals surface area contributed by atoms with Crippen molar-refractivity contribution in [2.24, 2.45) is 0 Å². The first-order valence-corrected chi connectivity index (χ1v) is 8.13. The Balaban J connectivity index is 1.69. The number of benzene rings is 2. The van der Waals surface area contributed by atoms with Crippen LogP contribution in [-0.4, -0.2) is 16.3 Å². The Labute approximate surface area is 146 Å². The van der Waals surface area contributed by atoms with E-state index in [1.807, 2.05) is 47.0 Å². The Morgan fingerprint density at radius 2 is 2.08 bits per heavy atom. The van der Waals surface area contributed by atoms with E-state index in [4.69, 9.17) is 9.47 Å². The molecule has 24 heavy (non-hydrogen) atoms. The van der Waals surface area contributed by atoms with Gasteiger partial charge >= 0.3 is 0 Å². The van der Waals surface area contributed by atoms with Gasteiger partial charge in [0.25, 0.3) is 0 Å². The third-order valence-electron chi connectivity index (χ3n) is 3.83. The van der Waals surface area contributed by atoms with Gasteiger partial charge in [0.1, 0.15) is 0 Å². The standard InChI is InChI=1S/C18H12BrN3O2/c19-14-7-18-17(23-11-24-18)6-13(14)5-12(8-20)9-22-10-21-15-3-1-2-4-16(15)22/h1-7,10H,9,11H2/b12-5+. The number of imidazole rings is 1. The predicted molar refractivity (Wildman–Crippen MR) is 93.6 cm³/mol. The summed E-state index contributed by atoms with van der Waals surface area (Å²) in [5.41, 5.74) is 3.42. The van der Waals surface area contributed by atoms with E-state index in [1.165, 1.54) is 0 Å². The molecule has 1 aliphatic heterocycles. The lowest BCUT2D eigenvalue weighted by Crippen LogP contribution is -1.98. The molecule has 118 valence electrons. The molecule has 1 aliphatic rings. The van der Waals surface area contributed by atoms with E-state index < -0.39 is 0 Å². The van der Waals surface area contributed by atoms with Crippen molar-refractivity contribution in [3.05, 3.63) is 58.3 Å². The summed E-state index contributed by atoms with van der Waals surface area (Å²) < 4.78 is 13.6. The van der Waals surface area contributed by atoms with E-state index in [2.05, 4.69) is 27.0 Å². The van der Waals surface area contributed by atoms with E-state index in [0.29, 0.717) is 23.6 Å². The highest BCUT2D eigenvalue weighted by Gasteiger charge is 2.16. The summed E-state index contributed by atoms with van der Waals surface area (Å²) in [6.45, 7) is 0.680. The number of halogens is 1. The molecule has 0 atom stereocenters. The average molecular weight is 382 g/mol. The van der Waals surface area contributed by atoms with Crippen molar-refractivity contribution in [2.75, 3.05) is 6.79 Å². The van der Waals surface area contributed by atoms with Crippen LogP contribution in [0.2, 0.25) is 0 Å². The molecule has 0 spiro atoms. The fourth-order valence-electron chi connectivity index (χ4n) is 2.66. The van der Waals surface area contributed by atoms with Crippen LogP contribution < -0.4 is 9.47 Å². The van der Waals surface area contributed by atoms with Crippen molar-refractivity contribution in [3.8, 4) is 17.6 Å². The van der Waals surface area contributed by atoms with E-state index in [0.717, 1.165) is 21.1 Å². The number of nitrogens with zero attached hydrogens (tertiary/aromatic N) is 3. The van der Waals surface area contributed by atoms with Gasteiger partial charge in [-0.25, -0.2) is 4.98 Å². The normalized spacial score (nSPS) is 13.2. The van der Waals surface area contributed by atoms with Crippen LogP contribution in [0.5, 0.6) is 11.5 Å². The number of para-hydroxylation sites is 2. The Hall–Kier alpha value is -2.78. The minimum Gasteiger partial charge on any atom is -0.454 e. The number of aromatic nitrogens is 2. The fourth-order valence-corrected chi connectivity index (χ4v) is 3.10. The molecule has 0 radical (unpaired) electrons. The van der Waals surface area contributed by atoms with Gasteiger partial charge in [0.05, 0.1) is 30.0 Å². The summed E-state index contributed by atoms with van der Waals surface area (Å²) in [7, 11) is 0. The van der Waals surface area contributed by atoms with Gasteiger partial charge in [0.2, 0.25) is 6.79 Å². The molecule has 0 N–H and O–H groups in total. The van der Waals surface area contributed by atoms with Crippen LogP contribution in [0.1, 0.15) is 5.56 Å². The quantitative estimate of drug-likeness (QED) is 0.639. The highest BCUT2D eigenvalue weighted by atomic mass is 79.9. The Kier molecular flexibility index (Phi) is 3.71. The summed E-state index contributed by atoms with van der Waals surface area (Å²) >= 11 is 3.52. The van der Waals surface area contributed by atoms with Crippen LogP contribution in [0.3, 0.4) is 0 Å². The maximum Gasteiger partial charge on any atom is 0.231 e. The van der Waals surface area contributed by atoms with Crippen LogP contribution in [0, 0.1) is 11.3 Å². The first kappa shape index (κ1) is 14.8. The largest absolute Gasteiger partial charge is 0.454 e. The third-order valence-corrected chi connectivity index (χ3v) is 4.52. The van der Waals surface area contributed by atoms with E-state index in [1.54, 1.807) is 6.33 Å². The predicted octanol–water partition coefficient (Wildman–Crippen LogP) is 4.13. The topological polar surface area (TPSA) is 60.1 Å². The highest BCUT2D eigenvalue weighted by molar-refractivity contribution is 9.10. The van der Waals surface area contributed by atoms with Gasteiger partial charge in [0, 0.05) is 10.0 Å². The number of allylic oxidation sites excluding steroid dienone is 1. The lowest BCUT2D eigenvalue weighted by molar-refractivity contribution is 0.174. The number of nitriles is 1. The Morgan fingerprint density at radius 3 is 2.92 bits per heavy atom. The second-order valence-electron chi connectivity index (χ2n) is 5.37. The Morgan fingerprint density at radius 1 is 1.29 bits per heavy atom. The maximum absolute atomic E-state index is 9.52. The first-order chi connectivity index (χ1) is 11.7. The molecular formula is C18H12BrN3O2. The zero-order valence-electron chi connectivity index (χ0n) is 12.6. The zero-order valence-corrected chi connectivity index (χ0v) is 14.2. The van der Waals surface area contributed by atoms with Crippen LogP contribution in [0.25, 0.3) is 17.1 Å².